The van der Waals surface area contributed by atoms with Crippen LogP contribution in [-0.4, -0.2) is 36.1 Å². The molecule has 1 aliphatic heterocycles. The van der Waals surface area contributed by atoms with Gasteiger partial charge >= 0.3 is 12.2 Å². The highest BCUT2D eigenvalue weighted by molar-refractivity contribution is 9.10. The summed E-state index contributed by atoms with van der Waals surface area (Å²) < 4.78 is 41.2. The standard InChI is InChI=1S/C32H24BrF3N4O3/c1-19-9-5-6-12-22(19)27(41)18-40-26-14-8-7-13-23(26)28(20-10-3-2-4-11-20)38-29(30(40)42)39-31(43)37-25-16-15-21(33)17-24(25)32(34,35)36/h2-17,29H,18H2,1H3,(H2,37,39,43)/t29-/m1/s1. The Kier molecular flexibility index (Phi) is 8.45. The molecule has 0 fully saturated rings. The molecule has 7 nitrogen and oxygen atoms in total. The Hall–Kier alpha value is -4.77. The van der Waals surface area contributed by atoms with Crippen molar-refractivity contribution in [2.75, 3.05) is 16.8 Å². The topological polar surface area (TPSA) is 90.9 Å². The number of urea groups is 1. The van der Waals surface area contributed by atoms with E-state index in [1.165, 1.54) is 11.0 Å². The fourth-order valence-corrected chi connectivity index (χ4v) is 5.13. The van der Waals surface area contributed by atoms with Gasteiger partial charge in [0, 0.05) is 21.2 Å². The minimum absolute atomic E-state index is 0.175. The maximum absolute atomic E-state index is 14.0. The van der Waals surface area contributed by atoms with E-state index in [4.69, 9.17) is 0 Å². The number of amides is 3. The van der Waals surface area contributed by atoms with Gasteiger partial charge < -0.3 is 15.5 Å². The zero-order valence-electron chi connectivity index (χ0n) is 22.7. The number of anilines is 2. The minimum Gasteiger partial charge on any atom is -0.308 e. The largest absolute Gasteiger partial charge is 0.418 e. The van der Waals surface area contributed by atoms with Crippen LogP contribution in [0.4, 0.5) is 29.3 Å². The summed E-state index contributed by atoms with van der Waals surface area (Å²) in [5.41, 5.74) is 1.51. The quantitative estimate of drug-likeness (QED) is 0.221. The van der Waals surface area contributed by atoms with Crippen LogP contribution in [0.1, 0.15) is 32.6 Å². The van der Waals surface area contributed by atoms with E-state index in [1.807, 2.05) is 6.07 Å². The first kappa shape index (κ1) is 29.7. The molecule has 0 radical (unpaired) electrons. The van der Waals surface area contributed by atoms with Gasteiger partial charge in [0.15, 0.2) is 5.78 Å². The molecule has 5 rings (SSSR count). The molecule has 1 heterocycles. The molecular formula is C32H24BrF3N4O3. The van der Waals surface area contributed by atoms with Crippen LogP contribution in [0.15, 0.2) is 107 Å². The molecule has 2 N–H and O–H groups in total. The van der Waals surface area contributed by atoms with Crippen LogP contribution < -0.4 is 15.5 Å². The SMILES string of the molecule is Cc1ccccc1C(=O)CN1C(=O)[C@@H](NC(=O)Nc2ccc(Br)cc2C(F)(F)F)N=C(c2ccccc2)c2ccccc21. The number of hydrogen-bond donors (Lipinski definition) is 2. The van der Waals surface area contributed by atoms with Crippen molar-refractivity contribution < 1.29 is 27.6 Å². The number of hydrogen-bond acceptors (Lipinski definition) is 4. The van der Waals surface area contributed by atoms with Crippen LogP contribution in [0.5, 0.6) is 0 Å². The Morgan fingerprint density at radius 3 is 2.33 bits per heavy atom. The van der Waals surface area contributed by atoms with Gasteiger partial charge in [-0.2, -0.15) is 13.2 Å². The van der Waals surface area contributed by atoms with Gasteiger partial charge in [0.25, 0.3) is 5.91 Å². The summed E-state index contributed by atoms with van der Waals surface area (Å²) in [6, 6.07) is 25.0. The van der Waals surface area contributed by atoms with Gasteiger partial charge in [-0.25, -0.2) is 9.79 Å². The van der Waals surface area contributed by atoms with Crippen LogP contribution in [0.2, 0.25) is 0 Å². The smallest absolute Gasteiger partial charge is 0.308 e. The lowest BCUT2D eigenvalue weighted by Gasteiger charge is -2.25. The average molecular weight is 649 g/mol. The normalized spacial score (nSPS) is 14.8. The number of benzodiazepines with no additional fused rings is 1. The predicted octanol–water partition coefficient (Wildman–Crippen LogP) is 6.99. The van der Waals surface area contributed by atoms with Gasteiger partial charge in [-0.05, 0) is 36.8 Å². The number of alkyl halides is 3. The Bertz CT molecular complexity index is 1740. The third-order valence-electron chi connectivity index (χ3n) is 6.81. The molecule has 1 atom stereocenters. The van der Waals surface area contributed by atoms with Crippen molar-refractivity contribution in [3.8, 4) is 0 Å². The van der Waals surface area contributed by atoms with E-state index in [1.54, 1.807) is 79.7 Å². The molecule has 218 valence electrons. The lowest BCUT2D eigenvalue weighted by Crippen LogP contribution is -2.50. The highest BCUT2D eigenvalue weighted by Gasteiger charge is 2.36. The monoisotopic (exact) mass is 648 g/mol. The van der Waals surface area contributed by atoms with Crippen molar-refractivity contribution in [2.24, 2.45) is 4.99 Å². The van der Waals surface area contributed by atoms with E-state index < -0.39 is 35.5 Å². The van der Waals surface area contributed by atoms with Gasteiger partial charge in [-0.15, -0.1) is 0 Å². The number of carbonyl (C=O) groups excluding carboxylic acids is 3. The second kappa shape index (κ2) is 12.2. The lowest BCUT2D eigenvalue weighted by atomic mass is 9.99. The zero-order chi connectivity index (χ0) is 30.7. The van der Waals surface area contributed by atoms with E-state index >= 15 is 0 Å². The van der Waals surface area contributed by atoms with Crippen LogP contribution in [0.3, 0.4) is 0 Å². The Morgan fingerprint density at radius 1 is 0.930 bits per heavy atom. The van der Waals surface area contributed by atoms with Crippen LogP contribution in [-0.2, 0) is 11.0 Å². The molecule has 0 bridgehead atoms. The van der Waals surface area contributed by atoms with Gasteiger partial charge in [0.05, 0.1) is 29.2 Å². The molecule has 0 aliphatic carbocycles. The molecule has 0 saturated carbocycles. The zero-order valence-corrected chi connectivity index (χ0v) is 24.2. The predicted molar refractivity (Wildman–Crippen MR) is 161 cm³/mol. The van der Waals surface area contributed by atoms with Crippen molar-refractivity contribution in [1.82, 2.24) is 5.32 Å². The average Bonchev–Trinajstić information content (AvgIpc) is 3.09. The second-order valence-electron chi connectivity index (χ2n) is 9.71. The number of para-hydroxylation sites is 1. The van der Waals surface area contributed by atoms with Crippen LogP contribution in [0, 0.1) is 6.92 Å². The maximum Gasteiger partial charge on any atom is 0.418 e. The number of carbonyl (C=O) groups is 3. The van der Waals surface area contributed by atoms with E-state index in [0.29, 0.717) is 28.1 Å². The Balaban J connectivity index is 1.54. The molecule has 0 saturated heterocycles. The molecule has 0 spiro atoms. The van der Waals surface area contributed by atoms with Crippen molar-refractivity contribution in [2.45, 2.75) is 19.3 Å². The van der Waals surface area contributed by atoms with Gasteiger partial charge in [-0.3, -0.25) is 9.59 Å². The number of nitrogens with zero attached hydrogens (tertiary/aromatic N) is 2. The molecule has 4 aromatic carbocycles. The van der Waals surface area contributed by atoms with E-state index in [0.717, 1.165) is 17.7 Å². The number of benzene rings is 4. The van der Waals surface area contributed by atoms with Crippen LogP contribution in [0.25, 0.3) is 0 Å². The Labute approximate surface area is 253 Å². The highest BCUT2D eigenvalue weighted by Crippen LogP contribution is 2.36. The second-order valence-corrected chi connectivity index (χ2v) is 10.6. The van der Waals surface area contributed by atoms with Gasteiger partial charge in [0.2, 0.25) is 6.17 Å². The molecule has 1 aliphatic rings. The summed E-state index contributed by atoms with van der Waals surface area (Å²) in [6.07, 6.45) is -6.32. The number of aryl methyl sites for hydroxylation is 1. The fourth-order valence-electron chi connectivity index (χ4n) is 4.77. The molecule has 11 heteroatoms. The van der Waals surface area contributed by atoms with Crippen molar-refractivity contribution in [3.63, 3.8) is 0 Å². The number of nitrogens with one attached hydrogen (secondary N) is 2. The first-order valence-corrected chi connectivity index (χ1v) is 13.9. The summed E-state index contributed by atoms with van der Waals surface area (Å²) in [7, 11) is 0. The van der Waals surface area contributed by atoms with E-state index in [2.05, 4.69) is 31.6 Å². The Morgan fingerprint density at radius 2 is 1.60 bits per heavy atom. The first-order valence-electron chi connectivity index (χ1n) is 13.1. The number of fused-ring (bicyclic) bond motifs is 1. The number of aliphatic imine (C=N–C) groups is 1. The maximum atomic E-state index is 14.0. The molecule has 0 aromatic heterocycles. The number of rotatable bonds is 6. The third kappa shape index (κ3) is 6.51. The summed E-state index contributed by atoms with van der Waals surface area (Å²) in [6.45, 7) is 1.43. The molecule has 3 amide bonds. The van der Waals surface area contributed by atoms with E-state index in [9.17, 15) is 27.6 Å². The van der Waals surface area contributed by atoms with Crippen LogP contribution >= 0.6 is 15.9 Å². The first-order chi connectivity index (χ1) is 20.5. The molecule has 0 unspecified atom stereocenters. The summed E-state index contributed by atoms with van der Waals surface area (Å²) >= 11 is 3.02. The molecule has 43 heavy (non-hydrogen) atoms. The van der Waals surface area contributed by atoms with Crippen molar-refractivity contribution in [1.29, 1.82) is 0 Å². The number of ketones is 1. The minimum atomic E-state index is -4.75. The van der Waals surface area contributed by atoms with Crippen molar-refractivity contribution >= 4 is 50.7 Å². The summed E-state index contributed by atoms with van der Waals surface area (Å²) in [4.78, 5) is 46.4. The lowest BCUT2D eigenvalue weighted by molar-refractivity contribution is -0.137. The fraction of sp³-hybridized carbons (Fsp3) is 0.125. The third-order valence-corrected chi connectivity index (χ3v) is 7.30. The molecule has 4 aromatic rings. The summed E-state index contributed by atoms with van der Waals surface area (Å²) in [5, 5.41) is 4.62. The van der Waals surface area contributed by atoms with Gasteiger partial charge in [0.1, 0.15) is 0 Å². The number of halogens is 4. The van der Waals surface area contributed by atoms with E-state index in [-0.39, 0.29) is 16.8 Å². The van der Waals surface area contributed by atoms with Crippen molar-refractivity contribution in [3.05, 3.63) is 129 Å². The van der Waals surface area contributed by atoms with Gasteiger partial charge in [-0.1, -0.05) is 88.7 Å². The number of Topliss-reactive ketones (excluding diaryl/α,β-unsaturated/α-hetero) is 1. The summed E-state index contributed by atoms with van der Waals surface area (Å²) in [5.74, 6) is -1.07. The highest BCUT2D eigenvalue weighted by atomic mass is 79.9. The molecular weight excluding hydrogens is 625 g/mol.